The number of nitrogens with two attached hydrogens (primary N) is 1. The minimum atomic E-state index is 0.411. The Balaban J connectivity index is 2.18. The molecule has 1 aliphatic rings. The first-order valence-corrected chi connectivity index (χ1v) is 6.06. The average Bonchev–Trinajstić information content (AvgIpc) is 3.04. The summed E-state index contributed by atoms with van der Waals surface area (Å²) in [6.45, 7) is 0. The van der Waals surface area contributed by atoms with Crippen molar-refractivity contribution < 1.29 is 4.52 Å². The predicted octanol–water partition coefficient (Wildman–Crippen LogP) is 3.56. The number of benzene rings is 1. The summed E-state index contributed by atoms with van der Waals surface area (Å²) in [5.41, 5.74) is 8.87. The van der Waals surface area contributed by atoms with Gasteiger partial charge in [0, 0.05) is 16.0 Å². The minimum absolute atomic E-state index is 0.411. The van der Waals surface area contributed by atoms with Gasteiger partial charge in [0.25, 0.3) is 0 Å². The third-order valence-electron chi connectivity index (χ3n) is 2.85. The third-order valence-corrected chi connectivity index (χ3v) is 3.54. The van der Waals surface area contributed by atoms with Crippen molar-refractivity contribution in [1.82, 2.24) is 5.16 Å². The molecular weight excluding hydrogens is 268 g/mol. The van der Waals surface area contributed by atoms with Crippen LogP contribution in [-0.2, 0) is 0 Å². The van der Waals surface area contributed by atoms with Gasteiger partial charge in [0.1, 0.15) is 0 Å². The molecule has 1 fully saturated rings. The topological polar surface area (TPSA) is 52.0 Å². The van der Waals surface area contributed by atoms with E-state index in [2.05, 4.69) is 21.1 Å². The number of aromatic nitrogens is 1. The van der Waals surface area contributed by atoms with Gasteiger partial charge in [-0.15, -0.1) is 0 Å². The van der Waals surface area contributed by atoms with E-state index in [1.807, 2.05) is 24.3 Å². The smallest absolute Gasteiger partial charge is 0.230 e. The van der Waals surface area contributed by atoms with Crippen molar-refractivity contribution in [3.8, 4) is 11.1 Å². The lowest BCUT2D eigenvalue weighted by molar-refractivity contribution is 0.428. The maximum Gasteiger partial charge on any atom is 0.230 e. The molecule has 2 N–H and O–H groups in total. The molecule has 0 saturated heterocycles. The quantitative estimate of drug-likeness (QED) is 0.914. The summed E-state index contributed by atoms with van der Waals surface area (Å²) in [7, 11) is 0. The van der Waals surface area contributed by atoms with Gasteiger partial charge in [0.2, 0.25) is 5.88 Å². The van der Waals surface area contributed by atoms with E-state index < -0.39 is 0 Å². The molecule has 0 bridgehead atoms. The molecule has 0 radical (unpaired) electrons. The molecule has 1 aliphatic carbocycles. The molecule has 0 aliphatic heterocycles. The number of anilines is 1. The maximum absolute atomic E-state index is 5.86. The van der Waals surface area contributed by atoms with E-state index in [-0.39, 0.29) is 0 Å². The first kappa shape index (κ1) is 9.90. The Hall–Kier alpha value is -1.29. The molecule has 1 aromatic carbocycles. The Morgan fingerprint density at radius 2 is 2.06 bits per heavy atom. The molecule has 4 heteroatoms. The lowest BCUT2D eigenvalue weighted by Crippen LogP contribution is -1.89. The Morgan fingerprint density at radius 1 is 1.31 bits per heavy atom. The van der Waals surface area contributed by atoms with Crippen LogP contribution in [0.3, 0.4) is 0 Å². The highest BCUT2D eigenvalue weighted by molar-refractivity contribution is 9.10. The molecule has 0 atom stereocenters. The van der Waals surface area contributed by atoms with Gasteiger partial charge in [0.05, 0.1) is 11.3 Å². The van der Waals surface area contributed by atoms with Crippen LogP contribution in [0.4, 0.5) is 5.88 Å². The zero-order valence-electron chi connectivity index (χ0n) is 8.61. The van der Waals surface area contributed by atoms with E-state index >= 15 is 0 Å². The normalized spacial score (nSPS) is 15.3. The molecule has 0 spiro atoms. The monoisotopic (exact) mass is 278 g/mol. The van der Waals surface area contributed by atoms with E-state index in [4.69, 9.17) is 10.3 Å². The summed E-state index contributed by atoms with van der Waals surface area (Å²) in [5.74, 6) is 0.942. The SMILES string of the molecule is Nc1onc(C2CC2)c1-c1ccccc1Br. The molecule has 82 valence electrons. The molecule has 3 nitrogen and oxygen atoms in total. The zero-order chi connectivity index (χ0) is 11.1. The summed E-state index contributed by atoms with van der Waals surface area (Å²) in [6, 6.07) is 7.99. The van der Waals surface area contributed by atoms with Crippen LogP contribution in [0, 0.1) is 0 Å². The summed E-state index contributed by atoms with van der Waals surface area (Å²) < 4.78 is 6.13. The molecule has 1 saturated carbocycles. The summed E-state index contributed by atoms with van der Waals surface area (Å²) in [5, 5.41) is 4.07. The van der Waals surface area contributed by atoms with Crippen molar-refractivity contribution in [1.29, 1.82) is 0 Å². The number of nitrogens with zero attached hydrogens (tertiary/aromatic N) is 1. The Morgan fingerprint density at radius 3 is 2.75 bits per heavy atom. The molecule has 1 heterocycles. The van der Waals surface area contributed by atoms with E-state index in [0.29, 0.717) is 11.8 Å². The van der Waals surface area contributed by atoms with Crippen LogP contribution in [0.5, 0.6) is 0 Å². The third kappa shape index (κ3) is 1.53. The second-order valence-electron chi connectivity index (χ2n) is 4.06. The molecular formula is C12H11BrN2O. The van der Waals surface area contributed by atoms with Gasteiger partial charge in [-0.3, -0.25) is 0 Å². The van der Waals surface area contributed by atoms with Crippen molar-refractivity contribution in [3.63, 3.8) is 0 Å². The first-order chi connectivity index (χ1) is 7.77. The maximum atomic E-state index is 5.86. The lowest BCUT2D eigenvalue weighted by Gasteiger charge is -2.03. The predicted molar refractivity (Wildman–Crippen MR) is 66.0 cm³/mol. The first-order valence-electron chi connectivity index (χ1n) is 5.27. The van der Waals surface area contributed by atoms with Crippen LogP contribution in [-0.4, -0.2) is 5.16 Å². The molecule has 0 amide bonds. The zero-order valence-corrected chi connectivity index (χ0v) is 10.2. The second-order valence-corrected chi connectivity index (χ2v) is 4.92. The fourth-order valence-electron chi connectivity index (χ4n) is 1.89. The van der Waals surface area contributed by atoms with Gasteiger partial charge in [-0.1, -0.05) is 39.3 Å². The van der Waals surface area contributed by atoms with Crippen LogP contribution in [0.1, 0.15) is 24.5 Å². The minimum Gasteiger partial charge on any atom is -0.367 e. The fraction of sp³-hybridized carbons (Fsp3) is 0.250. The summed E-state index contributed by atoms with van der Waals surface area (Å²) in [6.07, 6.45) is 2.37. The number of rotatable bonds is 2. The van der Waals surface area contributed by atoms with Gasteiger partial charge in [0.15, 0.2) is 0 Å². The van der Waals surface area contributed by atoms with Crippen molar-refractivity contribution in [2.24, 2.45) is 0 Å². The Bertz CT molecular complexity index is 532. The van der Waals surface area contributed by atoms with Crippen LogP contribution < -0.4 is 5.73 Å². The van der Waals surface area contributed by atoms with Gasteiger partial charge in [-0.05, 0) is 18.9 Å². The van der Waals surface area contributed by atoms with Crippen molar-refractivity contribution in [3.05, 3.63) is 34.4 Å². The van der Waals surface area contributed by atoms with Gasteiger partial charge in [-0.2, -0.15) is 0 Å². The summed E-state index contributed by atoms with van der Waals surface area (Å²) in [4.78, 5) is 0. The van der Waals surface area contributed by atoms with Crippen molar-refractivity contribution in [2.75, 3.05) is 5.73 Å². The van der Waals surface area contributed by atoms with E-state index in [9.17, 15) is 0 Å². The summed E-state index contributed by atoms with van der Waals surface area (Å²) >= 11 is 3.53. The highest BCUT2D eigenvalue weighted by atomic mass is 79.9. The second kappa shape index (κ2) is 3.63. The van der Waals surface area contributed by atoms with Crippen molar-refractivity contribution in [2.45, 2.75) is 18.8 Å². The Labute approximate surface area is 102 Å². The standard InChI is InChI=1S/C12H11BrN2O/c13-9-4-2-1-3-8(9)10-11(7-5-6-7)15-16-12(10)14/h1-4,7H,5-6,14H2. The molecule has 3 rings (SSSR count). The van der Waals surface area contributed by atoms with Crippen molar-refractivity contribution >= 4 is 21.8 Å². The number of hydrogen-bond acceptors (Lipinski definition) is 3. The van der Waals surface area contributed by atoms with Gasteiger partial charge in [-0.25, -0.2) is 0 Å². The molecule has 0 unspecified atom stereocenters. The van der Waals surface area contributed by atoms with Crippen LogP contribution >= 0.6 is 15.9 Å². The highest BCUT2D eigenvalue weighted by Crippen LogP contribution is 2.46. The van der Waals surface area contributed by atoms with Gasteiger partial charge < -0.3 is 10.3 Å². The average molecular weight is 279 g/mol. The van der Waals surface area contributed by atoms with E-state index in [0.717, 1.165) is 21.3 Å². The Kier molecular flexibility index (Phi) is 2.24. The number of halogens is 1. The van der Waals surface area contributed by atoms with Crippen LogP contribution in [0.2, 0.25) is 0 Å². The van der Waals surface area contributed by atoms with E-state index in [1.165, 1.54) is 12.8 Å². The van der Waals surface area contributed by atoms with E-state index in [1.54, 1.807) is 0 Å². The van der Waals surface area contributed by atoms with Crippen LogP contribution in [0.15, 0.2) is 33.3 Å². The fourth-order valence-corrected chi connectivity index (χ4v) is 2.37. The molecule has 1 aromatic heterocycles. The number of hydrogen-bond donors (Lipinski definition) is 1. The molecule has 2 aromatic rings. The van der Waals surface area contributed by atoms with Gasteiger partial charge >= 0.3 is 0 Å². The lowest BCUT2D eigenvalue weighted by atomic mass is 10.0. The van der Waals surface area contributed by atoms with Crippen LogP contribution in [0.25, 0.3) is 11.1 Å². The number of nitrogen functional groups attached to an aromatic ring is 1. The molecule has 16 heavy (non-hydrogen) atoms. The largest absolute Gasteiger partial charge is 0.367 e. The highest BCUT2D eigenvalue weighted by Gasteiger charge is 2.32.